The number of carbonyl (C=O) groups is 1. The molecule has 2 heterocycles. The SMILES string of the molecule is CCOc1cc(=O)c(C(=O)N2CCN(c3ccccc3)CC2)nn1-c1ccc(OC)cc1. The van der Waals surface area contributed by atoms with Crippen LogP contribution in [0.25, 0.3) is 5.69 Å². The maximum absolute atomic E-state index is 13.2. The van der Waals surface area contributed by atoms with Crippen LogP contribution in [0.4, 0.5) is 5.69 Å². The summed E-state index contributed by atoms with van der Waals surface area (Å²) in [6, 6.07) is 18.6. The molecule has 1 aliphatic rings. The van der Waals surface area contributed by atoms with Crippen molar-refractivity contribution in [3.8, 4) is 17.3 Å². The highest BCUT2D eigenvalue weighted by Crippen LogP contribution is 2.20. The molecule has 2 aromatic carbocycles. The predicted molar refractivity (Wildman–Crippen MR) is 122 cm³/mol. The Morgan fingerprint density at radius 3 is 2.28 bits per heavy atom. The molecule has 0 atom stereocenters. The Balaban J connectivity index is 1.58. The van der Waals surface area contributed by atoms with Gasteiger partial charge in [0.1, 0.15) is 5.75 Å². The molecule has 1 aromatic heterocycles. The van der Waals surface area contributed by atoms with E-state index in [1.807, 2.05) is 25.1 Å². The summed E-state index contributed by atoms with van der Waals surface area (Å²) in [4.78, 5) is 29.8. The number of hydrogen-bond donors (Lipinski definition) is 0. The fourth-order valence-corrected chi connectivity index (χ4v) is 3.70. The van der Waals surface area contributed by atoms with Gasteiger partial charge in [-0.2, -0.15) is 5.10 Å². The molecule has 1 saturated heterocycles. The summed E-state index contributed by atoms with van der Waals surface area (Å²) in [5.74, 6) is 0.612. The molecule has 8 nitrogen and oxygen atoms in total. The smallest absolute Gasteiger partial charge is 0.278 e. The average molecular weight is 434 g/mol. The van der Waals surface area contributed by atoms with E-state index in [1.165, 1.54) is 10.7 Å². The summed E-state index contributed by atoms with van der Waals surface area (Å²) in [7, 11) is 1.59. The molecule has 4 rings (SSSR count). The first-order valence-electron chi connectivity index (χ1n) is 10.6. The van der Waals surface area contributed by atoms with Crippen LogP contribution in [-0.2, 0) is 0 Å². The maximum atomic E-state index is 13.2. The molecule has 0 saturated carbocycles. The van der Waals surface area contributed by atoms with E-state index in [0.29, 0.717) is 44.2 Å². The van der Waals surface area contributed by atoms with Crippen LogP contribution < -0.4 is 19.8 Å². The summed E-state index contributed by atoms with van der Waals surface area (Å²) in [5, 5.41) is 4.40. The van der Waals surface area contributed by atoms with Crippen molar-refractivity contribution in [2.45, 2.75) is 6.92 Å². The van der Waals surface area contributed by atoms with Gasteiger partial charge in [-0.05, 0) is 43.3 Å². The number of piperazine rings is 1. The lowest BCUT2D eigenvalue weighted by atomic mass is 10.2. The Bertz CT molecular complexity index is 1120. The molecular formula is C24H26N4O4. The number of hydrogen-bond acceptors (Lipinski definition) is 6. The molecule has 32 heavy (non-hydrogen) atoms. The zero-order chi connectivity index (χ0) is 22.5. The van der Waals surface area contributed by atoms with Gasteiger partial charge in [0.2, 0.25) is 11.3 Å². The van der Waals surface area contributed by atoms with Crippen molar-refractivity contribution in [3.63, 3.8) is 0 Å². The van der Waals surface area contributed by atoms with E-state index in [2.05, 4.69) is 22.1 Å². The first-order valence-corrected chi connectivity index (χ1v) is 10.6. The van der Waals surface area contributed by atoms with E-state index in [4.69, 9.17) is 9.47 Å². The van der Waals surface area contributed by atoms with E-state index in [1.54, 1.807) is 36.3 Å². The molecular weight excluding hydrogens is 408 g/mol. The fraction of sp³-hybridized carbons (Fsp3) is 0.292. The Hall–Kier alpha value is -3.81. The first kappa shape index (κ1) is 21.4. The van der Waals surface area contributed by atoms with Crippen molar-refractivity contribution < 1.29 is 14.3 Å². The van der Waals surface area contributed by atoms with Crippen LogP contribution in [0.2, 0.25) is 0 Å². The molecule has 0 spiro atoms. The highest BCUT2D eigenvalue weighted by molar-refractivity contribution is 5.92. The van der Waals surface area contributed by atoms with Gasteiger partial charge in [-0.1, -0.05) is 18.2 Å². The molecule has 0 aliphatic carbocycles. The first-order chi connectivity index (χ1) is 15.6. The molecule has 0 radical (unpaired) electrons. The van der Waals surface area contributed by atoms with Crippen molar-refractivity contribution in [2.24, 2.45) is 0 Å². The number of para-hydroxylation sites is 1. The van der Waals surface area contributed by atoms with Gasteiger partial charge in [0.25, 0.3) is 5.91 Å². The van der Waals surface area contributed by atoms with Gasteiger partial charge < -0.3 is 19.3 Å². The standard InChI is InChI=1S/C24H26N4O4/c1-3-32-22-17-21(29)23(25-28(22)19-9-11-20(31-2)12-10-19)24(30)27-15-13-26(14-16-27)18-7-5-4-6-8-18/h4-12,17H,3,13-16H2,1-2H3. The number of aromatic nitrogens is 2. The van der Waals surface area contributed by atoms with E-state index in [0.717, 1.165) is 5.69 Å². The monoisotopic (exact) mass is 434 g/mol. The summed E-state index contributed by atoms with van der Waals surface area (Å²) < 4.78 is 12.3. The third-order valence-electron chi connectivity index (χ3n) is 5.40. The van der Waals surface area contributed by atoms with Gasteiger partial charge in [0.05, 0.1) is 25.5 Å². The fourth-order valence-electron chi connectivity index (χ4n) is 3.70. The normalized spacial score (nSPS) is 13.7. The van der Waals surface area contributed by atoms with Crippen LogP contribution >= 0.6 is 0 Å². The Morgan fingerprint density at radius 1 is 0.969 bits per heavy atom. The second-order valence-corrected chi connectivity index (χ2v) is 7.35. The minimum absolute atomic E-state index is 0.113. The van der Waals surface area contributed by atoms with Crippen LogP contribution in [0.15, 0.2) is 65.5 Å². The van der Waals surface area contributed by atoms with Crippen LogP contribution in [0.5, 0.6) is 11.6 Å². The van der Waals surface area contributed by atoms with Gasteiger partial charge in [-0.25, -0.2) is 4.68 Å². The third-order valence-corrected chi connectivity index (χ3v) is 5.40. The van der Waals surface area contributed by atoms with Crippen LogP contribution in [0.3, 0.4) is 0 Å². The van der Waals surface area contributed by atoms with Crippen LogP contribution in [0, 0.1) is 0 Å². The van der Waals surface area contributed by atoms with Gasteiger partial charge in [-0.15, -0.1) is 0 Å². The molecule has 0 N–H and O–H groups in total. The highest BCUT2D eigenvalue weighted by Gasteiger charge is 2.26. The number of ether oxygens (including phenoxy) is 2. The zero-order valence-electron chi connectivity index (χ0n) is 18.2. The zero-order valence-corrected chi connectivity index (χ0v) is 18.2. The van der Waals surface area contributed by atoms with Gasteiger partial charge >= 0.3 is 0 Å². The molecule has 1 aliphatic heterocycles. The number of amides is 1. The second-order valence-electron chi connectivity index (χ2n) is 7.35. The largest absolute Gasteiger partial charge is 0.497 e. The molecule has 1 amide bonds. The van der Waals surface area contributed by atoms with Crippen molar-refractivity contribution in [1.29, 1.82) is 0 Å². The molecule has 1 fully saturated rings. The molecule has 0 unspecified atom stereocenters. The molecule has 8 heteroatoms. The van der Waals surface area contributed by atoms with Gasteiger partial charge in [0, 0.05) is 31.9 Å². The topological polar surface area (TPSA) is 76.9 Å². The van der Waals surface area contributed by atoms with Crippen molar-refractivity contribution in [1.82, 2.24) is 14.7 Å². The minimum atomic E-state index is -0.450. The van der Waals surface area contributed by atoms with Crippen LogP contribution in [0.1, 0.15) is 17.4 Å². The summed E-state index contributed by atoms with van der Waals surface area (Å²) in [6.07, 6.45) is 0. The number of carbonyl (C=O) groups excluding carboxylic acids is 1. The van der Waals surface area contributed by atoms with Gasteiger partial charge in [-0.3, -0.25) is 9.59 Å². The van der Waals surface area contributed by atoms with Crippen molar-refractivity contribution in [3.05, 3.63) is 76.6 Å². The average Bonchev–Trinajstić information content (AvgIpc) is 2.85. The number of nitrogens with zero attached hydrogens (tertiary/aromatic N) is 4. The maximum Gasteiger partial charge on any atom is 0.278 e. The summed E-state index contributed by atoms with van der Waals surface area (Å²) in [6.45, 7) is 4.62. The number of anilines is 1. The Kier molecular flexibility index (Phi) is 6.39. The van der Waals surface area contributed by atoms with Crippen LogP contribution in [-0.4, -0.2) is 60.5 Å². The lowest BCUT2D eigenvalue weighted by Gasteiger charge is -2.35. The molecule has 0 bridgehead atoms. The number of methoxy groups -OCH3 is 1. The third kappa shape index (κ3) is 4.44. The number of rotatable bonds is 6. The molecule has 3 aromatic rings. The highest BCUT2D eigenvalue weighted by atomic mass is 16.5. The summed E-state index contributed by atoms with van der Waals surface area (Å²) in [5.41, 5.74) is 1.23. The quantitative estimate of drug-likeness (QED) is 0.594. The lowest BCUT2D eigenvalue weighted by molar-refractivity contribution is 0.0737. The van der Waals surface area contributed by atoms with E-state index in [-0.39, 0.29) is 17.5 Å². The van der Waals surface area contributed by atoms with E-state index < -0.39 is 5.43 Å². The van der Waals surface area contributed by atoms with Gasteiger partial charge in [0.15, 0.2) is 5.69 Å². The number of benzene rings is 2. The van der Waals surface area contributed by atoms with Crippen molar-refractivity contribution in [2.75, 3.05) is 44.8 Å². The summed E-state index contributed by atoms with van der Waals surface area (Å²) >= 11 is 0. The minimum Gasteiger partial charge on any atom is -0.497 e. The van der Waals surface area contributed by atoms with Crippen molar-refractivity contribution >= 4 is 11.6 Å². The van der Waals surface area contributed by atoms with E-state index >= 15 is 0 Å². The second kappa shape index (κ2) is 9.55. The Morgan fingerprint density at radius 2 is 1.66 bits per heavy atom. The van der Waals surface area contributed by atoms with E-state index in [9.17, 15) is 9.59 Å². The molecule has 166 valence electrons. The predicted octanol–water partition coefficient (Wildman–Crippen LogP) is 2.60. The Labute approximate surface area is 186 Å². The lowest BCUT2D eigenvalue weighted by Crippen LogP contribution is -2.50.